The highest BCUT2D eigenvalue weighted by molar-refractivity contribution is 5.96. The molecule has 108 valence electrons. The number of carbonyl (C=O) groups is 2. The van der Waals surface area contributed by atoms with Crippen LogP contribution in [0.1, 0.15) is 15.9 Å². The van der Waals surface area contributed by atoms with Crippen molar-refractivity contribution in [3.8, 4) is 0 Å². The number of nitrogens with one attached hydrogen (secondary N) is 1. The fourth-order valence-corrected chi connectivity index (χ4v) is 2.13. The Balaban J connectivity index is 1.86. The second kappa shape index (κ2) is 6.02. The van der Waals surface area contributed by atoms with Crippen molar-refractivity contribution in [3.63, 3.8) is 0 Å². The van der Waals surface area contributed by atoms with E-state index in [-0.39, 0.29) is 31.4 Å². The van der Waals surface area contributed by atoms with Crippen LogP contribution >= 0.6 is 0 Å². The highest BCUT2D eigenvalue weighted by atomic mass is 16.3. The monoisotopic (exact) mass is 278 g/mol. The molecule has 0 aliphatic carbocycles. The van der Waals surface area contributed by atoms with Gasteiger partial charge in [0.15, 0.2) is 0 Å². The van der Waals surface area contributed by atoms with E-state index in [0.29, 0.717) is 5.56 Å². The van der Waals surface area contributed by atoms with Gasteiger partial charge in [0.2, 0.25) is 5.91 Å². The zero-order valence-corrected chi connectivity index (χ0v) is 11.2. The zero-order valence-electron chi connectivity index (χ0n) is 11.2. The molecule has 2 rings (SSSR count). The van der Waals surface area contributed by atoms with Crippen molar-refractivity contribution in [2.75, 3.05) is 19.6 Å². The molecule has 1 fully saturated rings. The van der Waals surface area contributed by atoms with Crippen LogP contribution in [0.2, 0.25) is 0 Å². The van der Waals surface area contributed by atoms with Crippen LogP contribution in [0.3, 0.4) is 0 Å². The molecule has 0 radical (unpaired) electrons. The summed E-state index contributed by atoms with van der Waals surface area (Å²) in [4.78, 5) is 25.0. The Morgan fingerprint density at radius 3 is 2.55 bits per heavy atom. The van der Waals surface area contributed by atoms with Crippen molar-refractivity contribution >= 4 is 11.8 Å². The van der Waals surface area contributed by atoms with Gasteiger partial charge in [0.25, 0.3) is 5.91 Å². The summed E-state index contributed by atoms with van der Waals surface area (Å²) >= 11 is 0. The van der Waals surface area contributed by atoms with Crippen LogP contribution < -0.4 is 5.32 Å². The lowest BCUT2D eigenvalue weighted by Gasteiger charge is -2.15. The van der Waals surface area contributed by atoms with Crippen molar-refractivity contribution < 1.29 is 19.8 Å². The second-order valence-electron chi connectivity index (χ2n) is 4.99. The first-order valence-corrected chi connectivity index (χ1v) is 6.46. The lowest BCUT2D eigenvalue weighted by molar-refractivity contribution is -0.129. The molecule has 1 aliphatic rings. The number of nitrogens with zero attached hydrogens (tertiary/aromatic N) is 1. The maximum absolute atomic E-state index is 11.9. The van der Waals surface area contributed by atoms with Crippen LogP contribution in [-0.4, -0.2) is 58.8 Å². The fourth-order valence-electron chi connectivity index (χ4n) is 2.13. The van der Waals surface area contributed by atoms with Gasteiger partial charge in [0, 0.05) is 18.7 Å². The summed E-state index contributed by atoms with van der Waals surface area (Å²) in [6.07, 6.45) is -1.82. The number of benzene rings is 1. The number of rotatable bonds is 3. The predicted molar refractivity (Wildman–Crippen MR) is 72.1 cm³/mol. The minimum absolute atomic E-state index is 0.0975. The topological polar surface area (TPSA) is 89.9 Å². The summed E-state index contributed by atoms with van der Waals surface area (Å²) in [5.41, 5.74) is 1.47. The van der Waals surface area contributed by atoms with Crippen molar-refractivity contribution in [1.82, 2.24) is 10.2 Å². The van der Waals surface area contributed by atoms with Gasteiger partial charge in [-0.15, -0.1) is 0 Å². The first kappa shape index (κ1) is 14.5. The first-order chi connectivity index (χ1) is 9.47. The largest absolute Gasteiger partial charge is 0.388 e. The van der Waals surface area contributed by atoms with Gasteiger partial charge < -0.3 is 20.4 Å². The Morgan fingerprint density at radius 2 is 1.95 bits per heavy atom. The Bertz CT molecular complexity index is 508. The SMILES string of the molecule is Cc1cccc(C(=O)NCC(=O)N2CC(O)C(O)C2)c1. The summed E-state index contributed by atoms with van der Waals surface area (Å²) < 4.78 is 0. The molecule has 3 N–H and O–H groups in total. The molecule has 6 heteroatoms. The lowest BCUT2D eigenvalue weighted by Crippen LogP contribution is -2.39. The number of hydrogen-bond acceptors (Lipinski definition) is 4. The van der Waals surface area contributed by atoms with Gasteiger partial charge in [0.05, 0.1) is 18.8 Å². The molecule has 0 aromatic heterocycles. The van der Waals surface area contributed by atoms with E-state index in [4.69, 9.17) is 0 Å². The quantitative estimate of drug-likeness (QED) is 0.681. The smallest absolute Gasteiger partial charge is 0.251 e. The minimum atomic E-state index is -0.911. The molecule has 1 aromatic rings. The van der Waals surface area contributed by atoms with Crippen LogP contribution in [0.4, 0.5) is 0 Å². The molecule has 1 aromatic carbocycles. The molecule has 20 heavy (non-hydrogen) atoms. The highest BCUT2D eigenvalue weighted by Gasteiger charge is 2.32. The third-order valence-electron chi connectivity index (χ3n) is 3.29. The average molecular weight is 278 g/mol. The second-order valence-corrected chi connectivity index (χ2v) is 4.99. The molecule has 0 bridgehead atoms. The van der Waals surface area contributed by atoms with Gasteiger partial charge in [-0.3, -0.25) is 9.59 Å². The van der Waals surface area contributed by atoms with Gasteiger partial charge in [0.1, 0.15) is 0 Å². The standard InChI is InChI=1S/C14H18N2O4/c1-9-3-2-4-10(5-9)14(20)15-6-13(19)16-7-11(17)12(18)8-16/h2-5,11-12,17-18H,6-8H2,1H3,(H,15,20). The molecule has 2 amide bonds. The van der Waals surface area contributed by atoms with E-state index in [9.17, 15) is 19.8 Å². The summed E-state index contributed by atoms with van der Waals surface area (Å²) in [6, 6.07) is 7.08. The predicted octanol–water partition coefficient (Wildman–Crippen LogP) is -0.711. The minimum Gasteiger partial charge on any atom is -0.388 e. The number of aliphatic hydroxyl groups excluding tert-OH is 2. The number of carbonyl (C=O) groups excluding carboxylic acids is 2. The van der Waals surface area contributed by atoms with Crippen LogP contribution in [0.15, 0.2) is 24.3 Å². The van der Waals surface area contributed by atoms with Crippen molar-refractivity contribution in [3.05, 3.63) is 35.4 Å². The number of aryl methyl sites for hydroxylation is 1. The van der Waals surface area contributed by atoms with Crippen molar-refractivity contribution in [2.45, 2.75) is 19.1 Å². The molecule has 0 saturated carbocycles. The average Bonchev–Trinajstić information content (AvgIpc) is 2.76. The molecule has 2 unspecified atom stereocenters. The third-order valence-corrected chi connectivity index (χ3v) is 3.29. The van der Waals surface area contributed by atoms with E-state index < -0.39 is 12.2 Å². The summed E-state index contributed by atoms with van der Waals surface area (Å²) in [5, 5.41) is 21.3. The van der Waals surface area contributed by atoms with Crippen molar-refractivity contribution in [2.24, 2.45) is 0 Å². The number of likely N-dealkylation sites (tertiary alicyclic amines) is 1. The third kappa shape index (κ3) is 3.34. The highest BCUT2D eigenvalue weighted by Crippen LogP contribution is 2.09. The van der Waals surface area contributed by atoms with E-state index in [2.05, 4.69) is 5.32 Å². The molecule has 1 heterocycles. The molecular weight excluding hydrogens is 260 g/mol. The fraction of sp³-hybridized carbons (Fsp3) is 0.429. The molecule has 1 aliphatic heterocycles. The molecular formula is C14H18N2O4. The van der Waals surface area contributed by atoms with Crippen molar-refractivity contribution in [1.29, 1.82) is 0 Å². The van der Waals surface area contributed by atoms with Gasteiger partial charge in [-0.1, -0.05) is 17.7 Å². The van der Waals surface area contributed by atoms with E-state index in [1.54, 1.807) is 18.2 Å². The molecule has 6 nitrogen and oxygen atoms in total. The first-order valence-electron chi connectivity index (χ1n) is 6.46. The van der Waals surface area contributed by atoms with Crippen LogP contribution in [0.5, 0.6) is 0 Å². The van der Waals surface area contributed by atoms with Gasteiger partial charge in [-0.2, -0.15) is 0 Å². The number of β-amino-alcohol motifs (C(OH)–C–C–N with tert-alkyl or cyclic N) is 2. The van der Waals surface area contributed by atoms with Gasteiger partial charge in [-0.25, -0.2) is 0 Å². The van der Waals surface area contributed by atoms with E-state index in [1.165, 1.54) is 4.90 Å². The van der Waals surface area contributed by atoms with Crippen LogP contribution in [-0.2, 0) is 4.79 Å². The Labute approximate surface area is 117 Å². The lowest BCUT2D eigenvalue weighted by atomic mass is 10.1. The van der Waals surface area contributed by atoms with E-state index in [1.807, 2.05) is 13.0 Å². The van der Waals surface area contributed by atoms with Crippen LogP contribution in [0.25, 0.3) is 0 Å². The molecule has 2 atom stereocenters. The summed E-state index contributed by atoms with van der Waals surface area (Å²) in [5.74, 6) is -0.635. The Kier molecular flexibility index (Phi) is 4.36. The maximum Gasteiger partial charge on any atom is 0.251 e. The Hall–Kier alpha value is -1.92. The Morgan fingerprint density at radius 1 is 1.30 bits per heavy atom. The zero-order chi connectivity index (χ0) is 14.7. The number of aliphatic hydroxyl groups is 2. The number of hydrogen-bond donors (Lipinski definition) is 3. The van der Waals surface area contributed by atoms with Gasteiger partial charge >= 0.3 is 0 Å². The summed E-state index contributed by atoms with van der Waals surface area (Å²) in [6.45, 7) is 1.93. The molecule has 1 saturated heterocycles. The number of amides is 2. The maximum atomic E-state index is 11.9. The van der Waals surface area contributed by atoms with Crippen LogP contribution in [0, 0.1) is 6.92 Å². The van der Waals surface area contributed by atoms with E-state index >= 15 is 0 Å². The normalized spacial score (nSPS) is 21.9. The summed E-state index contributed by atoms with van der Waals surface area (Å²) in [7, 11) is 0. The van der Waals surface area contributed by atoms with E-state index in [0.717, 1.165) is 5.56 Å². The molecule has 0 spiro atoms. The van der Waals surface area contributed by atoms with Gasteiger partial charge in [-0.05, 0) is 19.1 Å².